The maximum absolute atomic E-state index is 12.9. The van der Waals surface area contributed by atoms with Gasteiger partial charge in [0.2, 0.25) is 11.8 Å². The molecule has 2 aromatic carbocycles. The van der Waals surface area contributed by atoms with Gasteiger partial charge >= 0.3 is 5.97 Å². The van der Waals surface area contributed by atoms with Gasteiger partial charge in [-0.25, -0.2) is 4.79 Å². The fourth-order valence-electron chi connectivity index (χ4n) is 4.05. The number of methoxy groups -OCH3 is 1. The summed E-state index contributed by atoms with van der Waals surface area (Å²) < 4.78 is 4.88. The molecule has 186 valence electrons. The van der Waals surface area contributed by atoms with E-state index in [2.05, 4.69) is 10.6 Å². The van der Waals surface area contributed by atoms with Gasteiger partial charge in [-0.2, -0.15) is 0 Å². The van der Waals surface area contributed by atoms with Gasteiger partial charge in [-0.3, -0.25) is 14.4 Å². The van der Waals surface area contributed by atoms with Crippen molar-refractivity contribution in [2.75, 3.05) is 19.0 Å². The molecule has 1 unspecified atom stereocenters. The van der Waals surface area contributed by atoms with Crippen LogP contribution in [0.4, 0.5) is 5.69 Å². The Kier molecular flexibility index (Phi) is 9.12. The van der Waals surface area contributed by atoms with Crippen LogP contribution in [-0.4, -0.2) is 54.3 Å². The van der Waals surface area contributed by atoms with Crippen LogP contribution in [0.5, 0.6) is 0 Å². The quantitative estimate of drug-likeness (QED) is 0.540. The van der Waals surface area contributed by atoms with Gasteiger partial charge in [-0.15, -0.1) is 0 Å². The van der Waals surface area contributed by atoms with E-state index in [4.69, 9.17) is 27.9 Å². The Bertz CT molecular complexity index is 1090. The monoisotopic (exact) mass is 519 g/mol. The lowest BCUT2D eigenvalue weighted by Gasteiger charge is -2.34. The van der Waals surface area contributed by atoms with Crippen LogP contribution < -0.4 is 10.6 Å². The zero-order chi connectivity index (χ0) is 25.5. The van der Waals surface area contributed by atoms with Crippen molar-refractivity contribution in [3.63, 3.8) is 0 Å². The van der Waals surface area contributed by atoms with Crippen molar-refractivity contribution in [2.24, 2.45) is 0 Å². The number of hydrogen-bond donors (Lipinski definition) is 2. The van der Waals surface area contributed by atoms with Gasteiger partial charge in [-0.05, 0) is 49.1 Å². The van der Waals surface area contributed by atoms with Crippen LogP contribution in [0.1, 0.15) is 42.1 Å². The number of benzene rings is 2. The molecule has 1 aliphatic heterocycles. The normalized spacial score (nSPS) is 16.2. The van der Waals surface area contributed by atoms with E-state index in [1.807, 2.05) is 0 Å². The Labute approximate surface area is 213 Å². The molecule has 3 rings (SSSR count). The number of halogens is 2. The van der Waals surface area contributed by atoms with Crippen molar-refractivity contribution in [2.45, 2.75) is 44.7 Å². The number of amides is 3. The zero-order valence-electron chi connectivity index (χ0n) is 19.5. The molecule has 1 heterocycles. The molecule has 1 saturated heterocycles. The van der Waals surface area contributed by atoms with Gasteiger partial charge in [0.15, 0.2) is 0 Å². The molecule has 2 N–H and O–H groups in total. The summed E-state index contributed by atoms with van der Waals surface area (Å²) >= 11 is 12.2. The van der Waals surface area contributed by atoms with Crippen molar-refractivity contribution in [1.29, 1.82) is 0 Å². The first kappa shape index (κ1) is 26.5. The van der Waals surface area contributed by atoms with Crippen molar-refractivity contribution in [1.82, 2.24) is 10.2 Å². The summed E-state index contributed by atoms with van der Waals surface area (Å²) in [5, 5.41) is 5.96. The van der Waals surface area contributed by atoms with E-state index in [9.17, 15) is 19.2 Å². The predicted octanol–water partition coefficient (Wildman–Crippen LogP) is 3.85. The Morgan fingerprint density at radius 1 is 1.06 bits per heavy atom. The molecule has 0 bridgehead atoms. The molecule has 1 aliphatic rings. The number of esters is 1. The number of nitrogens with zero attached hydrogens (tertiary/aromatic N) is 1. The first-order valence-corrected chi connectivity index (χ1v) is 12.0. The Balaban J connectivity index is 1.68. The van der Waals surface area contributed by atoms with Crippen LogP contribution in [0.25, 0.3) is 0 Å². The average molecular weight is 520 g/mol. The molecular formula is C25H27Cl2N3O5. The van der Waals surface area contributed by atoms with Crippen molar-refractivity contribution in [3.05, 3.63) is 63.6 Å². The summed E-state index contributed by atoms with van der Waals surface area (Å²) in [5.74, 6) is -1.59. The highest BCUT2D eigenvalue weighted by molar-refractivity contribution is 6.40. The van der Waals surface area contributed by atoms with Crippen LogP contribution >= 0.6 is 23.2 Å². The molecule has 0 saturated carbocycles. The molecule has 3 amide bonds. The summed E-state index contributed by atoms with van der Waals surface area (Å²) in [5.41, 5.74) is 1.42. The van der Waals surface area contributed by atoms with Crippen molar-refractivity contribution < 1.29 is 23.9 Å². The number of anilines is 1. The van der Waals surface area contributed by atoms with E-state index >= 15 is 0 Å². The van der Waals surface area contributed by atoms with Gasteiger partial charge in [0, 0.05) is 25.6 Å². The van der Waals surface area contributed by atoms with Gasteiger partial charge in [0.05, 0.1) is 22.7 Å². The lowest BCUT2D eigenvalue weighted by atomic mass is 10.00. The predicted molar refractivity (Wildman–Crippen MR) is 134 cm³/mol. The number of likely N-dealkylation sites (tertiary alicyclic amines) is 1. The lowest BCUT2D eigenvalue weighted by molar-refractivity contribution is -0.147. The molecule has 35 heavy (non-hydrogen) atoms. The standard InChI is InChI=1S/C25H27Cl2N3O5/c1-15(31)30-13-4-3-8-21(30)23(32)29-20(25(34)35-2)14-16-9-11-17(12-10-16)28-24(33)22-18(26)6-5-7-19(22)27/h5-7,9-12,20-21H,3-4,8,13-14H2,1-2H3,(H,28,33)(H,29,32)/t20-,21?/m0/s1. The minimum absolute atomic E-state index is 0.171. The minimum atomic E-state index is -0.925. The van der Waals surface area contributed by atoms with Crippen LogP contribution in [-0.2, 0) is 25.5 Å². The Morgan fingerprint density at radius 3 is 2.31 bits per heavy atom. The zero-order valence-corrected chi connectivity index (χ0v) is 21.0. The summed E-state index contributed by atoms with van der Waals surface area (Å²) in [7, 11) is 1.25. The van der Waals surface area contributed by atoms with Gasteiger partial charge in [-0.1, -0.05) is 41.4 Å². The fourth-order valence-corrected chi connectivity index (χ4v) is 4.62. The number of nitrogens with one attached hydrogen (secondary N) is 2. The molecule has 8 nitrogen and oxygen atoms in total. The van der Waals surface area contributed by atoms with E-state index in [-0.39, 0.29) is 33.8 Å². The van der Waals surface area contributed by atoms with Crippen molar-refractivity contribution >= 4 is 52.6 Å². The van der Waals surface area contributed by atoms with Gasteiger partial charge in [0.1, 0.15) is 12.1 Å². The molecule has 10 heteroatoms. The summed E-state index contributed by atoms with van der Waals surface area (Å²) in [6, 6.07) is 10.1. The molecule has 2 atom stereocenters. The van der Waals surface area contributed by atoms with Crippen LogP contribution in [0.2, 0.25) is 10.0 Å². The SMILES string of the molecule is COC(=O)[C@H](Cc1ccc(NC(=O)c2c(Cl)cccc2Cl)cc1)NC(=O)C1CCCCN1C(C)=O. The minimum Gasteiger partial charge on any atom is -0.467 e. The average Bonchev–Trinajstić information content (AvgIpc) is 2.84. The first-order valence-electron chi connectivity index (χ1n) is 11.2. The third-order valence-corrected chi connectivity index (χ3v) is 6.48. The largest absolute Gasteiger partial charge is 0.467 e. The smallest absolute Gasteiger partial charge is 0.328 e. The molecule has 2 aromatic rings. The van der Waals surface area contributed by atoms with Crippen LogP contribution in [0, 0.1) is 0 Å². The number of carbonyl (C=O) groups excluding carboxylic acids is 4. The summed E-state index contributed by atoms with van der Waals surface area (Å²) in [6.45, 7) is 1.95. The maximum atomic E-state index is 12.9. The van der Waals surface area contributed by atoms with E-state index in [0.29, 0.717) is 18.7 Å². The third kappa shape index (κ3) is 6.74. The van der Waals surface area contributed by atoms with Gasteiger partial charge < -0.3 is 20.3 Å². The number of rotatable bonds is 7. The number of ether oxygens (including phenoxy) is 1. The number of carbonyl (C=O) groups is 4. The second-order valence-electron chi connectivity index (χ2n) is 8.26. The highest BCUT2D eigenvalue weighted by Crippen LogP contribution is 2.25. The first-order chi connectivity index (χ1) is 16.7. The topological polar surface area (TPSA) is 105 Å². The Hall–Kier alpha value is -3.10. The van der Waals surface area contributed by atoms with Gasteiger partial charge in [0.25, 0.3) is 5.91 Å². The van der Waals surface area contributed by atoms with E-state index in [0.717, 1.165) is 18.4 Å². The molecule has 0 aliphatic carbocycles. The van der Waals surface area contributed by atoms with E-state index < -0.39 is 24.0 Å². The second kappa shape index (κ2) is 12.0. The maximum Gasteiger partial charge on any atom is 0.328 e. The highest BCUT2D eigenvalue weighted by Gasteiger charge is 2.33. The van der Waals surface area contributed by atoms with Crippen LogP contribution in [0.15, 0.2) is 42.5 Å². The molecule has 0 radical (unpaired) electrons. The second-order valence-corrected chi connectivity index (χ2v) is 9.07. The van der Waals surface area contributed by atoms with Crippen molar-refractivity contribution in [3.8, 4) is 0 Å². The number of hydrogen-bond acceptors (Lipinski definition) is 5. The highest BCUT2D eigenvalue weighted by atomic mass is 35.5. The fraction of sp³-hybridized carbons (Fsp3) is 0.360. The lowest BCUT2D eigenvalue weighted by Crippen LogP contribution is -2.55. The van der Waals surface area contributed by atoms with E-state index in [1.54, 1.807) is 42.5 Å². The summed E-state index contributed by atoms with van der Waals surface area (Å²) in [4.78, 5) is 51.3. The molecule has 0 spiro atoms. The Morgan fingerprint density at radius 2 is 1.71 bits per heavy atom. The third-order valence-electron chi connectivity index (χ3n) is 5.85. The molecule has 1 fully saturated rings. The van der Waals surface area contributed by atoms with Crippen LogP contribution in [0.3, 0.4) is 0 Å². The summed E-state index contributed by atoms with van der Waals surface area (Å²) in [6.07, 6.45) is 2.39. The van der Waals surface area contributed by atoms with E-state index in [1.165, 1.54) is 18.9 Å². The number of piperidine rings is 1. The molecule has 0 aromatic heterocycles. The molecular weight excluding hydrogens is 493 g/mol.